The van der Waals surface area contributed by atoms with E-state index in [2.05, 4.69) is 96.3 Å². The number of carbonyl (C=O) groups is 4. The molecule has 2 unspecified atom stereocenters. The summed E-state index contributed by atoms with van der Waals surface area (Å²) in [6.07, 6.45) is 4.11. The number of anilines is 4. The molecule has 0 saturated carbocycles. The molecular formula is C65H103ClN15O12Pt+. The molecule has 4 aromatic rings. The van der Waals surface area contributed by atoms with Crippen LogP contribution in [0.25, 0.3) is 0 Å². The predicted molar refractivity (Wildman–Crippen MR) is 361 cm³/mol. The Morgan fingerprint density at radius 1 is 0.500 bits per heavy atom. The van der Waals surface area contributed by atoms with Crippen molar-refractivity contribution in [1.82, 2.24) is 16.0 Å². The van der Waals surface area contributed by atoms with Gasteiger partial charge in [0.05, 0.1) is 76.3 Å². The SMILES string of the molecule is CC(C)(C)c1cc(CNCCCCC(=O)NCCNC(=O)c2ccc(N)c(N)c2)cc(C(C)(C)C)c1.NC(N)=NCCCC(N)C(=O)Nc1ccc2c(c1)OCCOCCOCCOc1ccc(NC(=O)C(N)CCCN=C(N)N)cc1OCCOCCOCCO2.[Cl-].[Pt+2]. The number of unbranched alkanes of at least 4 members (excludes halogenated alkanes) is 1. The van der Waals surface area contributed by atoms with Crippen LogP contribution in [0.2, 0.25) is 0 Å². The minimum atomic E-state index is -0.751. The number of nitrogen functional groups attached to an aromatic ring is 2. The number of hydrogen-bond donors (Lipinski definition) is 13. The Kier molecular flexibility index (Phi) is 39.9. The topological polar surface area (TPSA) is 435 Å². The third-order valence-corrected chi connectivity index (χ3v) is 13.9. The first kappa shape index (κ1) is 82.9. The molecule has 21 N–H and O–H groups in total. The van der Waals surface area contributed by atoms with Gasteiger partial charge in [-0.05, 0) is 115 Å². The number of ether oxygens (including phenoxy) is 8. The van der Waals surface area contributed by atoms with Gasteiger partial charge in [-0.2, -0.15) is 0 Å². The van der Waals surface area contributed by atoms with Crippen molar-refractivity contribution in [2.24, 2.45) is 44.4 Å². The van der Waals surface area contributed by atoms with Gasteiger partial charge in [-0.3, -0.25) is 29.2 Å². The second-order valence-electron chi connectivity index (χ2n) is 23.8. The number of benzene rings is 4. The number of guanidine groups is 2. The van der Waals surface area contributed by atoms with E-state index in [4.69, 9.17) is 83.8 Å². The summed E-state index contributed by atoms with van der Waals surface area (Å²) in [6, 6.07) is 20.3. The quantitative estimate of drug-likeness (QED) is 0.0212. The molecule has 4 amide bonds. The monoisotopic (exact) mass is 1520 g/mol. The van der Waals surface area contributed by atoms with Crippen LogP contribution in [0.4, 0.5) is 22.7 Å². The molecule has 27 nitrogen and oxygen atoms in total. The van der Waals surface area contributed by atoms with Gasteiger partial charge < -0.3 is 123 Å². The maximum absolute atomic E-state index is 12.7. The Hall–Kier alpha value is -7.20. The average molecular weight is 1520 g/mol. The van der Waals surface area contributed by atoms with Gasteiger partial charge >= 0.3 is 21.1 Å². The molecule has 0 spiro atoms. The van der Waals surface area contributed by atoms with Crippen LogP contribution in [0.15, 0.2) is 82.8 Å². The predicted octanol–water partition coefficient (Wildman–Crippen LogP) is 0.874. The first-order valence-electron chi connectivity index (χ1n) is 31.3. The van der Waals surface area contributed by atoms with Gasteiger partial charge in [-0.1, -0.05) is 59.7 Å². The van der Waals surface area contributed by atoms with Crippen molar-refractivity contribution in [3.8, 4) is 23.0 Å². The number of rotatable bonds is 23. The van der Waals surface area contributed by atoms with Gasteiger partial charge in [0.15, 0.2) is 34.9 Å². The van der Waals surface area contributed by atoms with E-state index in [0.29, 0.717) is 136 Å². The Bertz CT molecular complexity index is 2820. The Morgan fingerprint density at radius 2 is 0.926 bits per heavy atom. The number of nitrogens with two attached hydrogens (primary N) is 8. The molecule has 5 rings (SSSR count). The summed E-state index contributed by atoms with van der Waals surface area (Å²) in [6.45, 7) is 20.0. The van der Waals surface area contributed by atoms with Crippen molar-refractivity contribution < 1.29 is 90.5 Å². The molecule has 0 aromatic heterocycles. The van der Waals surface area contributed by atoms with Crippen LogP contribution in [-0.4, -0.2) is 160 Å². The zero-order valence-corrected chi connectivity index (χ0v) is 58.4. The smallest absolute Gasteiger partial charge is 1.00 e. The molecule has 2 atom stereocenters. The Labute approximate surface area is 574 Å². The standard InChI is InChI=1S/C36H58N10O10.C29H45N5O2.ClH.Pt/c37-27(3-1-9-43-35(39)40)33(47)45-25-5-7-29-31(23-25)55-21-17-51-13-11-50-16-20-54-30-8-6-26(46-34(48)28(38)4-2-10-44-36(41)42)24-32(30)56-22-18-52-14-12-49-15-19-53-29;1-28(2,3)22-15-20(16-23(18-22)29(4,5)6)19-32-12-8-7-9-26(35)33-13-14-34-27(36)21-10-11-24(30)25(31)17-21;;/h5-8,23-24,27-28H,1-4,9-22,37-38H2,(H,45,47)(H,46,48)(H4,39,40,43)(H4,41,42,44);10-11,15-18,32H,7-9,12-14,19,30-31H2,1-6H3,(H,33,35)(H,34,36);1H;/q;;;+2/p-1. The summed E-state index contributed by atoms with van der Waals surface area (Å²) in [7, 11) is 0. The molecule has 1 aliphatic heterocycles. The molecule has 4 aromatic carbocycles. The van der Waals surface area contributed by atoms with E-state index in [9.17, 15) is 19.2 Å². The van der Waals surface area contributed by atoms with Crippen molar-refractivity contribution in [2.45, 2.75) is 116 Å². The second kappa shape index (κ2) is 45.2. The number of amides is 4. The number of nitrogens with zero attached hydrogens (tertiary/aromatic N) is 2. The van der Waals surface area contributed by atoms with E-state index in [1.54, 1.807) is 54.6 Å². The third kappa shape index (κ3) is 34.3. The summed E-state index contributed by atoms with van der Waals surface area (Å²) in [5.41, 5.74) is 51.4. The maximum Gasteiger partial charge on any atom is 2.00 e. The molecule has 0 saturated heterocycles. The molecule has 0 aliphatic carbocycles. The second-order valence-corrected chi connectivity index (χ2v) is 23.8. The molecule has 0 fully saturated rings. The Balaban J connectivity index is 0.000000685. The molecule has 1 heterocycles. The number of halogens is 1. The molecule has 526 valence electrons. The van der Waals surface area contributed by atoms with Crippen LogP contribution >= 0.6 is 0 Å². The molecule has 0 bridgehead atoms. The van der Waals surface area contributed by atoms with Crippen LogP contribution < -0.4 is 104 Å². The zero-order valence-electron chi connectivity index (χ0n) is 55.4. The molecular weight excluding hydrogens is 1410 g/mol. The number of fused-ring (bicyclic) bond motifs is 2. The normalized spacial score (nSPS) is 14.2. The average Bonchev–Trinajstić information content (AvgIpc) is 0.828. The summed E-state index contributed by atoms with van der Waals surface area (Å²) in [5.74, 6) is 0.765. The molecule has 0 radical (unpaired) electrons. The van der Waals surface area contributed by atoms with E-state index in [1.165, 1.54) is 16.7 Å². The summed E-state index contributed by atoms with van der Waals surface area (Å²) >= 11 is 0. The minimum absolute atomic E-state index is 0. The summed E-state index contributed by atoms with van der Waals surface area (Å²) in [4.78, 5) is 57.4. The first-order valence-corrected chi connectivity index (χ1v) is 31.3. The van der Waals surface area contributed by atoms with Gasteiger partial charge in [0.2, 0.25) is 17.7 Å². The van der Waals surface area contributed by atoms with Crippen LogP contribution in [-0.2, 0) is 71.8 Å². The van der Waals surface area contributed by atoms with E-state index >= 15 is 0 Å². The fourth-order valence-corrected chi connectivity index (χ4v) is 8.61. The van der Waals surface area contributed by atoms with Crippen molar-refractivity contribution in [2.75, 3.05) is 134 Å². The largest absolute Gasteiger partial charge is 2.00 e. The number of carbonyl (C=O) groups excluding carboxylic acids is 4. The fraction of sp³-hybridized carbons (Fsp3) is 0.538. The molecule has 29 heteroatoms. The van der Waals surface area contributed by atoms with E-state index in [-0.39, 0.29) is 133 Å². The van der Waals surface area contributed by atoms with E-state index in [1.807, 2.05) is 0 Å². The first-order chi connectivity index (χ1) is 43.9. The van der Waals surface area contributed by atoms with Crippen LogP contribution in [0.5, 0.6) is 23.0 Å². The van der Waals surface area contributed by atoms with Gasteiger partial charge in [0.1, 0.15) is 26.4 Å². The van der Waals surface area contributed by atoms with Gasteiger partial charge in [0.25, 0.3) is 5.91 Å². The zero-order chi connectivity index (χ0) is 67.3. The summed E-state index contributed by atoms with van der Waals surface area (Å²) < 4.78 is 46.5. The number of hydrogen-bond acceptors (Lipinski definition) is 19. The van der Waals surface area contributed by atoms with Gasteiger partial charge in [-0.15, -0.1) is 0 Å². The number of nitrogens with one attached hydrogen (secondary N) is 5. The molecule has 94 heavy (non-hydrogen) atoms. The van der Waals surface area contributed by atoms with Crippen molar-refractivity contribution >= 4 is 58.3 Å². The van der Waals surface area contributed by atoms with Crippen molar-refractivity contribution in [1.29, 1.82) is 0 Å². The van der Waals surface area contributed by atoms with Crippen molar-refractivity contribution in [3.05, 3.63) is 95.1 Å². The minimum Gasteiger partial charge on any atom is -1.00 e. The van der Waals surface area contributed by atoms with Crippen LogP contribution in [0.3, 0.4) is 0 Å². The van der Waals surface area contributed by atoms with Crippen LogP contribution in [0, 0.1) is 0 Å². The van der Waals surface area contributed by atoms with E-state index in [0.717, 1.165) is 25.9 Å². The fourth-order valence-electron chi connectivity index (χ4n) is 8.61. The van der Waals surface area contributed by atoms with Crippen molar-refractivity contribution in [3.63, 3.8) is 0 Å². The number of aliphatic imine (C=N–C) groups is 2. The van der Waals surface area contributed by atoms with E-state index < -0.39 is 12.1 Å². The third-order valence-electron chi connectivity index (χ3n) is 13.9. The Morgan fingerprint density at radius 3 is 1.35 bits per heavy atom. The van der Waals surface area contributed by atoms with Crippen LogP contribution in [0.1, 0.15) is 114 Å². The van der Waals surface area contributed by atoms with Gasteiger partial charge in [-0.25, -0.2) is 0 Å². The molecule has 1 aliphatic rings. The maximum atomic E-state index is 12.7. The summed E-state index contributed by atoms with van der Waals surface area (Å²) in [5, 5.41) is 14.8. The van der Waals surface area contributed by atoms with Gasteiger partial charge in [0, 0.05) is 68.2 Å².